The van der Waals surface area contributed by atoms with E-state index in [-0.39, 0.29) is 0 Å². The first kappa shape index (κ1) is 15.1. The molecule has 1 heterocycles. The second kappa shape index (κ2) is 7.97. The van der Waals surface area contributed by atoms with Gasteiger partial charge in [-0.2, -0.15) is 0 Å². The van der Waals surface area contributed by atoms with Gasteiger partial charge in [0.05, 0.1) is 0 Å². The molecule has 2 aromatic carbocycles. The Kier molecular flexibility index (Phi) is 5.46. The minimum absolute atomic E-state index is 0.747. The number of ether oxygens (including phenoxy) is 1. The molecule has 1 aliphatic heterocycles. The standard InChI is InChI=1S/C19H23N2O/c1-3-7-18(8-4-1)17-21-13-11-20(12-14-21)15-16-22-19-9-5-2-6-10-19/h1-5,7-10H,11-17H2. The zero-order valence-electron chi connectivity index (χ0n) is 12.9. The zero-order valence-corrected chi connectivity index (χ0v) is 12.9. The lowest BCUT2D eigenvalue weighted by Crippen LogP contribution is -2.47. The van der Waals surface area contributed by atoms with E-state index < -0.39 is 0 Å². The Labute approximate surface area is 133 Å². The molecule has 0 N–H and O–H groups in total. The van der Waals surface area contributed by atoms with Gasteiger partial charge < -0.3 is 4.74 Å². The number of hydrogen-bond donors (Lipinski definition) is 0. The lowest BCUT2D eigenvalue weighted by atomic mass is 10.2. The summed E-state index contributed by atoms with van der Waals surface area (Å²) < 4.78 is 5.74. The fourth-order valence-corrected chi connectivity index (χ4v) is 2.77. The van der Waals surface area contributed by atoms with Crippen LogP contribution in [-0.2, 0) is 6.54 Å². The Morgan fingerprint density at radius 3 is 2.41 bits per heavy atom. The molecule has 3 heteroatoms. The molecule has 0 aromatic heterocycles. The molecule has 1 aliphatic rings. The van der Waals surface area contributed by atoms with Crippen LogP contribution in [0.4, 0.5) is 0 Å². The lowest BCUT2D eigenvalue weighted by molar-refractivity contribution is 0.112. The van der Waals surface area contributed by atoms with Gasteiger partial charge in [-0.15, -0.1) is 0 Å². The van der Waals surface area contributed by atoms with Crippen molar-refractivity contribution in [1.29, 1.82) is 0 Å². The highest BCUT2D eigenvalue weighted by atomic mass is 16.5. The van der Waals surface area contributed by atoms with Crippen LogP contribution in [-0.4, -0.2) is 49.1 Å². The van der Waals surface area contributed by atoms with E-state index in [2.05, 4.69) is 46.2 Å². The second-order valence-electron chi connectivity index (χ2n) is 5.69. The molecule has 0 aliphatic carbocycles. The quantitative estimate of drug-likeness (QED) is 0.815. The van der Waals surface area contributed by atoms with Gasteiger partial charge in [0.25, 0.3) is 0 Å². The van der Waals surface area contributed by atoms with Gasteiger partial charge in [0.2, 0.25) is 0 Å². The van der Waals surface area contributed by atoms with Crippen LogP contribution in [0.1, 0.15) is 5.56 Å². The van der Waals surface area contributed by atoms with E-state index in [4.69, 9.17) is 4.74 Å². The van der Waals surface area contributed by atoms with Crippen LogP contribution < -0.4 is 4.74 Å². The summed E-state index contributed by atoms with van der Waals surface area (Å²) in [5.41, 5.74) is 1.40. The minimum atomic E-state index is 0.747. The normalized spacial score (nSPS) is 16.5. The van der Waals surface area contributed by atoms with Gasteiger partial charge >= 0.3 is 0 Å². The van der Waals surface area contributed by atoms with E-state index in [0.29, 0.717) is 0 Å². The van der Waals surface area contributed by atoms with E-state index in [1.165, 1.54) is 5.56 Å². The molecular formula is C19H23N2O. The summed E-state index contributed by atoms with van der Waals surface area (Å²) in [5.74, 6) is 0.908. The van der Waals surface area contributed by atoms with Crippen LogP contribution in [0.3, 0.4) is 0 Å². The minimum Gasteiger partial charge on any atom is -0.492 e. The number of rotatable bonds is 6. The van der Waals surface area contributed by atoms with Crippen molar-refractivity contribution in [3.63, 3.8) is 0 Å². The molecule has 1 fully saturated rings. The van der Waals surface area contributed by atoms with Crippen molar-refractivity contribution < 1.29 is 4.74 Å². The maximum absolute atomic E-state index is 5.74. The Morgan fingerprint density at radius 1 is 0.909 bits per heavy atom. The highest BCUT2D eigenvalue weighted by molar-refractivity contribution is 5.20. The average molecular weight is 295 g/mol. The van der Waals surface area contributed by atoms with Crippen LogP contribution in [0.15, 0.2) is 54.6 Å². The van der Waals surface area contributed by atoms with E-state index in [1.54, 1.807) is 0 Å². The lowest BCUT2D eigenvalue weighted by Gasteiger charge is -2.34. The first-order valence-electron chi connectivity index (χ1n) is 7.98. The van der Waals surface area contributed by atoms with Crippen LogP contribution in [0.25, 0.3) is 0 Å². The third-order valence-corrected chi connectivity index (χ3v) is 4.07. The molecule has 2 aromatic rings. The Hall–Kier alpha value is -1.84. The van der Waals surface area contributed by atoms with Crippen molar-refractivity contribution in [2.75, 3.05) is 39.3 Å². The van der Waals surface area contributed by atoms with Crippen LogP contribution in [0.2, 0.25) is 0 Å². The maximum Gasteiger partial charge on any atom is 0.119 e. The summed E-state index contributed by atoms with van der Waals surface area (Å²) >= 11 is 0. The molecule has 0 spiro atoms. The van der Waals surface area contributed by atoms with Gasteiger partial charge in [-0.1, -0.05) is 42.5 Å². The number of benzene rings is 2. The number of piperazine rings is 1. The molecule has 0 amide bonds. The number of nitrogens with zero attached hydrogens (tertiary/aromatic N) is 2. The molecular weight excluding hydrogens is 272 g/mol. The first-order valence-corrected chi connectivity index (χ1v) is 7.98. The largest absolute Gasteiger partial charge is 0.492 e. The number of hydrogen-bond acceptors (Lipinski definition) is 3. The van der Waals surface area contributed by atoms with Gasteiger partial charge in [-0.25, -0.2) is 0 Å². The molecule has 0 unspecified atom stereocenters. The van der Waals surface area contributed by atoms with Crippen LogP contribution in [0, 0.1) is 6.07 Å². The van der Waals surface area contributed by atoms with Gasteiger partial charge in [0.15, 0.2) is 0 Å². The van der Waals surface area contributed by atoms with E-state index in [9.17, 15) is 0 Å². The third kappa shape index (κ3) is 4.58. The highest BCUT2D eigenvalue weighted by Crippen LogP contribution is 2.10. The molecule has 1 saturated heterocycles. The van der Waals surface area contributed by atoms with Crippen molar-refractivity contribution >= 4 is 0 Å². The Bertz CT molecular complexity index is 536. The average Bonchev–Trinajstić information content (AvgIpc) is 2.58. The maximum atomic E-state index is 5.74. The summed E-state index contributed by atoms with van der Waals surface area (Å²) in [6.45, 7) is 7.31. The predicted molar refractivity (Wildman–Crippen MR) is 88.9 cm³/mol. The zero-order chi connectivity index (χ0) is 15.0. The van der Waals surface area contributed by atoms with Crippen molar-refractivity contribution in [3.05, 3.63) is 66.2 Å². The first-order chi connectivity index (χ1) is 10.9. The van der Waals surface area contributed by atoms with Crippen molar-refractivity contribution in [2.45, 2.75) is 6.54 Å². The summed E-state index contributed by atoms with van der Waals surface area (Å²) in [5, 5.41) is 0. The SMILES string of the molecule is [c]1cccc(OCCN2CCN(Cc3ccccc3)CC2)c1. The summed E-state index contributed by atoms with van der Waals surface area (Å²) in [4.78, 5) is 5.01. The van der Waals surface area contributed by atoms with Crippen LogP contribution >= 0.6 is 0 Å². The molecule has 22 heavy (non-hydrogen) atoms. The second-order valence-corrected chi connectivity index (χ2v) is 5.69. The summed E-state index contributed by atoms with van der Waals surface area (Å²) in [6, 6.07) is 21.5. The molecule has 1 radical (unpaired) electrons. The van der Waals surface area contributed by atoms with E-state index in [1.807, 2.05) is 24.3 Å². The van der Waals surface area contributed by atoms with Gasteiger partial charge in [-0.05, 0) is 23.8 Å². The fraction of sp³-hybridized carbons (Fsp3) is 0.368. The third-order valence-electron chi connectivity index (χ3n) is 4.07. The van der Waals surface area contributed by atoms with Gasteiger partial charge in [-0.3, -0.25) is 9.80 Å². The molecule has 0 bridgehead atoms. The summed E-state index contributed by atoms with van der Waals surface area (Å²) in [6.07, 6.45) is 0. The molecule has 0 saturated carbocycles. The monoisotopic (exact) mass is 295 g/mol. The smallest absolute Gasteiger partial charge is 0.119 e. The van der Waals surface area contributed by atoms with Crippen molar-refractivity contribution in [3.8, 4) is 5.75 Å². The molecule has 3 nitrogen and oxygen atoms in total. The predicted octanol–water partition coefficient (Wildman–Crippen LogP) is 2.68. The van der Waals surface area contributed by atoms with Crippen LogP contribution in [0.5, 0.6) is 5.75 Å². The van der Waals surface area contributed by atoms with E-state index >= 15 is 0 Å². The molecule has 0 atom stereocenters. The fourth-order valence-electron chi connectivity index (χ4n) is 2.77. The topological polar surface area (TPSA) is 15.7 Å². The van der Waals surface area contributed by atoms with E-state index in [0.717, 1.165) is 51.6 Å². The van der Waals surface area contributed by atoms with Crippen molar-refractivity contribution in [2.24, 2.45) is 0 Å². The van der Waals surface area contributed by atoms with Gasteiger partial charge in [0, 0.05) is 39.3 Å². The Morgan fingerprint density at radius 2 is 1.68 bits per heavy atom. The van der Waals surface area contributed by atoms with Gasteiger partial charge in [0.1, 0.15) is 12.4 Å². The van der Waals surface area contributed by atoms with Crippen molar-refractivity contribution in [1.82, 2.24) is 9.80 Å². The molecule has 3 rings (SSSR count). The summed E-state index contributed by atoms with van der Waals surface area (Å²) in [7, 11) is 0. The Balaban J connectivity index is 1.35. The molecule has 115 valence electrons. The highest BCUT2D eigenvalue weighted by Gasteiger charge is 2.16.